The van der Waals surface area contributed by atoms with Gasteiger partial charge in [-0.2, -0.15) is 0 Å². The number of amides is 1. The summed E-state index contributed by atoms with van der Waals surface area (Å²) >= 11 is 0. The molecule has 1 saturated heterocycles. The molecule has 126 valence electrons. The third-order valence-corrected chi connectivity index (χ3v) is 4.41. The zero-order chi connectivity index (χ0) is 16.4. The van der Waals surface area contributed by atoms with Gasteiger partial charge in [-0.05, 0) is 25.7 Å². The Morgan fingerprint density at radius 1 is 1.17 bits per heavy atom. The van der Waals surface area contributed by atoms with Gasteiger partial charge in [-0.25, -0.2) is 9.97 Å². The highest BCUT2D eigenvalue weighted by Crippen LogP contribution is 2.27. The highest BCUT2D eigenvalue weighted by Gasteiger charge is 2.22. The summed E-state index contributed by atoms with van der Waals surface area (Å²) in [5.74, 6) is 0.871. The number of hydrogen-bond acceptors (Lipinski definition) is 7. The Kier molecular flexibility index (Phi) is 4.12. The van der Waals surface area contributed by atoms with Crippen LogP contribution in [0.2, 0.25) is 0 Å². The van der Waals surface area contributed by atoms with E-state index in [1.165, 1.54) is 6.33 Å². The van der Waals surface area contributed by atoms with Crippen LogP contribution >= 0.6 is 0 Å². The maximum atomic E-state index is 12.5. The number of nitrogens with zero attached hydrogens (tertiary/aromatic N) is 4. The summed E-state index contributed by atoms with van der Waals surface area (Å²) in [4.78, 5) is 22.9. The molecule has 2 aromatic heterocycles. The molecule has 1 amide bonds. The third-order valence-electron chi connectivity index (χ3n) is 4.41. The predicted octanol–water partition coefficient (Wildman–Crippen LogP) is 1.43. The summed E-state index contributed by atoms with van der Waals surface area (Å²) in [7, 11) is 0. The lowest BCUT2D eigenvalue weighted by Crippen LogP contribution is -2.37. The Bertz CT molecular complexity index is 739. The zero-order valence-electron chi connectivity index (χ0n) is 13.3. The first kappa shape index (κ1) is 15.1. The van der Waals surface area contributed by atoms with Gasteiger partial charge in [-0.3, -0.25) is 10.1 Å². The van der Waals surface area contributed by atoms with E-state index in [2.05, 4.69) is 25.3 Å². The summed E-state index contributed by atoms with van der Waals surface area (Å²) in [6, 6.07) is 1.70. The molecule has 0 unspecified atom stereocenters. The summed E-state index contributed by atoms with van der Waals surface area (Å²) < 4.78 is 10.6. The largest absolute Gasteiger partial charge is 0.378 e. The average Bonchev–Trinajstić information content (AvgIpc) is 3.06. The Hall–Kier alpha value is -2.48. The summed E-state index contributed by atoms with van der Waals surface area (Å²) in [6.45, 7) is 2.84. The second-order valence-corrected chi connectivity index (χ2v) is 5.96. The van der Waals surface area contributed by atoms with E-state index >= 15 is 0 Å². The second-order valence-electron chi connectivity index (χ2n) is 5.96. The van der Waals surface area contributed by atoms with Crippen LogP contribution in [0.5, 0.6) is 0 Å². The van der Waals surface area contributed by atoms with Crippen molar-refractivity contribution in [3.8, 4) is 0 Å². The maximum absolute atomic E-state index is 12.5. The minimum atomic E-state index is -0.309. The minimum Gasteiger partial charge on any atom is -0.378 e. The molecule has 1 aliphatic heterocycles. The van der Waals surface area contributed by atoms with E-state index in [-0.39, 0.29) is 5.91 Å². The van der Waals surface area contributed by atoms with Crippen molar-refractivity contribution in [2.24, 2.45) is 0 Å². The molecule has 2 aliphatic rings. The van der Waals surface area contributed by atoms with Crippen LogP contribution in [0.3, 0.4) is 0 Å². The number of fused-ring (bicyclic) bond motifs is 1. The highest BCUT2D eigenvalue weighted by molar-refractivity contribution is 6.02. The van der Waals surface area contributed by atoms with Crippen LogP contribution in [0, 0.1) is 0 Å². The number of aryl methyl sites for hydroxylation is 1. The number of hydrogen-bond donors (Lipinski definition) is 1. The van der Waals surface area contributed by atoms with E-state index in [9.17, 15) is 4.79 Å². The fraction of sp³-hybridized carbons (Fsp3) is 0.500. The molecule has 0 saturated carbocycles. The van der Waals surface area contributed by atoms with Gasteiger partial charge in [0.15, 0.2) is 0 Å². The van der Waals surface area contributed by atoms with Gasteiger partial charge in [0.1, 0.15) is 17.8 Å². The van der Waals surface area contributed by atoms with Gasteiger partial charge in [0, 0.05) is 24.7 Å². The van der Waals surface area contributed by atoms with Gasteiger partial charge >= 0.3 is 0 Å². The Morgan fingerprint density at radius 3 is 2.88 bits per heavy atom. The first-order valence-electron chi connectivity index (χ1n) is 8.25. The van der Waals surface area contributed by atoms with Crippen molar-refractivity contribution in [3.05, 3.63) is 29.3 Å². The van der Waals surface area contributed by atoms with E-state index in [1.807, 2.05) is 0 Å². The lowest BCUT2D eigenvalue weighted by Gasteiger charge is -2.27. The molecule has 0 bridgehead atoms. The molecule has 2 aromatic rings. The first-order chi connectivity index (χ1) is 11.8. The van der Waals surface area contributed by atoms with Gasteiger partial charge < -0.3 is 14.2 Å². The van der Waals surface area contributed by atoms with Crippen molar-refractivity contribution in [2.45, 2.75) is 25.7 Å². The van der Waals surface area contributed by atoms with Gasteiger partial charge in [0.25, 0.3) is 5.91 Å². The molecule has 24 heavy (non-hydrogen) atoms. The SMILES string of the molecule is O=C(Nc1onc2c1CCCC2)c1cc(N2CCOCC2)ncn1. The Labute approximate surface area is 139 Å². The summed E-state index contributed by atoms with van der Waals surface area (Å²) in [5.41, 5.74) is 2.28. The molecule has 3 heterocycles. The fourth-order valence-corrected chi connectivity index (χ4v) is 3.09. The number of carbonyl (C=O) groups is 1. The predicted molar refractivity (Wildman–Crippen MR) is 86.2 cm³/mol. The number of rotatable bonds is 3. The molecule has 0 atom stereocenters. The molecule has 1 aliphatic carbocycles. The molecule has 1 N–H and O–H groups in total. The van der Waals surface area contributed by atoms with Crippen LogP contribution in [0.4, 0.5) is 11.7 Å². The number of anilines is 2. The smallest absolute Gasteiger partial charge is 0.276 e. The van der Waals surface area contributed by atoms with Crippen LogP contribution < -0.4 is 10.2 Å². The lowest BCUT2D eigenvalue weighted by atomic mass is 9.98. The van der Waals surface area contributed by atoms with Gasteiger partial charge in [0.05, 0.1) is 18.9 Å². The Morgan fingerprint density at radius 2 is 2.00 bits per heavy atom. The van der Waals surface area contributed by atoms with Crippen molar-refractivity contribution in [2.75, 3.05) is 36.5 Å². The van der Waals surface area contributed by atoms with E-state index in [0.717, 1.165) is 55.8 Å². The van der Waals surface area contributed by atoms with Crippen molar-refractivity contribution in [1.29, 1.82) is 0 Å². The number of morpholine rings is 1. The molecule has 8 heteroatoms. The van der Waals surface area contributed by atoms with Crippen molar-refractivity contribution < 1.29 is 14.1 Å². The van der Waals surface area contributed by atoms with Gasteiger partial charge in [-0.1, -0.05) is 5.16 Å². The third kappa shape index (κ3) is 2.96. The molecule has 8 nitrogen and oxygen atoms in total. The lowest BCUT2D eigenvalue weighted by molar-refractivity contribution is 0.101. The van der Waals surface area contributed by atoms with Crippen LogP contribution in [0.1, 0.15) is 34.6 Å². The van der Waals surface area contributed by atoms with Crippen LogP contribution in [-0.2, 0) is 17.6 Å². The van der Waals surface area contributed by atoms with E-state index in [0.29, 0.717) is 24.8 Å². The number of aromatic nitrogens is 3. The highest BCUT2D eigenvalue weighted by atomic mass is 16.5. The average molecular weight is 329 g/mol. The molecular weight excluding hydrogens is 310 g/mol. The molecule has 1 fully saturated rings. The van der Waals surface area contributed by atoms with Crippen molar-refractivity contribution in [1.82, 2.24) is 15.1 Å². The molecule has 0 spiro atoms. The van der Waals surface area contributed by atoms with Gasteiger partial charge in [-0.15, -0.1) is 0 Å². The Balaban J connectivity index is 1.51. The number of ether oxygens (including phenoxy) is 1. The molecular formula is C16H19N5O3. The van der Waals surface area contributed by atoms with E-state index < -0.39 is 0 Å². The second kappa shape index (κ2) is 6.56. The van der Waals surface area contributed by atoms with Crippen LogP contribution in [-0.4, -0.2) is 47.3 Å². The van der Waals surface area contributed by atoms with Crippen molar-refractivity contribution >= 4 is 17.6 Å². The van der Waals surface area contributed by atoms with E-state index in [1.54, 1.807) is 6.07 Å². The number of carbonyl (C=O) groups excluding carboxylic acids is 1. The first-order valence-corrected chi connectivity index (χ1v) is 8.25. The standard InChI is InChI=1S/C16H19N5O3/c22-15(19-16-11-3-1-2-4-12(11)20-24-16)13-9-14(18-10-17-13)21-5-7-23-8-6-21/h9-10H,1-8H2,(H,19,22). The monoisotopic (exact) mass is 329 g/mol. The summed E-state index contributed by atoms with van der Waals surface area (Å²) in [6.07, 6.45) is 5.41. The van der Waals surface area contributed by atoms with Crippen molar-refractivity contribution in [3.63, 3.8) is 0 Å². The minimum absolute atomic E-state index is 0.309. The maximum Gasteiger partial charge on any atom is 0.276 e. The van der Waals surface area contributed by atoms with E-state index in [4.69, 9.17) is 9.26 Å². The molecule has 0 radical (unpaired) electrons. The normalized spacial score (nSPS) is 17.4. The van der Waals surface area contributed by atoms with Crippen LogP contribution in [0.25, 0.3) is 0 Å². The van der Waals surface area contributed by atoms with Gasteiger partial charge in [0.2, 0.25) is 5.88 Å². The summed E-state index contributed by atoms with van der Waals surface area (Å²) in [5, 5.41) is 6.84. The molecule has 0 aromatic carbocycles. The van der Waals surface area contributed by atoms with Crippen LogP contribution in [0.15, 0.2) is 16.9 Å². The topological polar surface area (TPSA) is 93.4 Å². The molecule has 4 rings (SSSR count). The number of nitrogens with one attached hydrogen (secondary N) is 1. The quantitative estimate of drug-likeness (QED) is 0.910. The fourth-order valence-electron chi connectivity index (χ4n) is 3.09. The zero-order valence-corrected chi connectivity index (χ0v) is 13.3.